The Morgan fingerprint density at radius 2 is 1.25 bits per heavy atom. The number of benzene rings is 3. The lowest BCUT2D eigenvalue weighted by Crippen LogP contribution is -2.50. The van der Waals surface area contributed by atoms with Gasteiger partial charge in [0.25, 0.3) is 0 Å². The molecule has 0 amide bonds. The number of halogens is 10. The van der Waals surface area contributed by atoms with Crippen LogP contribution in [0.3, 0.4) is 0 Å². The smallest absolute Gasteiger partial charge is 0.457 e. The Morgan fingerprint density at radius 3 is 1.82 bits per heavy atom. The normalized spacial score (nSPS) is 13.1. The second-order valence-corrected chi connectivity index (χ2v) is 7.80. The predicted octanol–water partition coefficient (Wildman–Crippen LogP) is 8.52. The highest BCUT2D eigenvalue weighted by atomic mass is 19.4. The molecule has 0 aliphatic heterocycles. The fraction of sp³-hybridized carbons (Fsp3) is 0.308. The summed E-state index contributed by atoms with van der Waals surface area (Å²) in [6.07, 6.45) is -14.8. The zero-order valence-electron chi connectivity index (χ0n) is 20.8. The molecule has 0 saturated carbocycles. The largest absolute Gasteiger partial charge is 0.460 e. The Hall–Kier alpha value is -3.68. The first-order valence-electron chi connectivity index (χ1n) is 11.5. The van der Waals surface area contributed by atoms with Crippen LogP contribution in [0.25, 0.3) is 0 Å². The van der Waals surface area contributed by atoms with E-state index in [4.69, 9.17) is 9.57 Å². The highest BCUT2D eigenvalue weighted by Gasteiger charge is 2.73. The molecule has 3 aromatic rings. The minimum atomic E-state index is -6.60. The molecule has 1 unspecified atom stereocenters. The van der Waals surface area contributed by atoms with Crippen molar-refractivity contribution in [3.63, 3.8) is 0 Å². The summed E-state index contributed by atoms with van der Waals surface area (Å²) in [4.78, 5) is 5.16. The van der Waals surface area contributed by atoms with E-state index in [9.17, 15) is 49.0 Å². The monoisotopic (exact) mass is 587 g/mol. The van der Waals surface area contributed by atoms with Crippen molar-refractivity contribution in [2.75, 3.05) is 11.6 Å². The average Bonchev–Trinajstić information content (AvgIpc) is 2.89. The first-order valence-corrected chi connectivity index (χ1v) is 11.5. The lowest BCUT2D eigenvalue weighted by atomic mass is 10.0. The molecule has 40 heavy (non-hydrogen) atoms. The summed E-state index contributed by atoms with van der Waals surface area (Å²) >= 11 is 0. The van der Waals surface area contributed by atoms with E-state index in [2.05, 4.69) is 0 Å². The van der Waals surface area contributed by atoms with Crippen molar-refractivity contribution < 1.29 is 58.6 Å². The topological polar surface area (TPSA) is 41.9 Å². The van der Waals surface area contributed by atoms with Crippen LogP contribution in [-0.4, -0.2) is 36.0 Å². The van der Waals surface area contributed by atoms with Gasteiger partial charge in [-0.05, 0) is 36.4 Å². The van der Waals surface area contributed by atoms with Crippen molar-refractivity contribution in [1.82, 2.24) is 0 Å². The fourth-order valence-electron chi connectivity index (χ4n) is 3.02. The van der Waals surface area contributed by atoms with Crippen LogP contribution in [0.5, 0.6) is 17.2 Å². The van der Waals surface area contributed by atoms with Crippen LogP contribution < -0.4 is 14.6 Å². The van der Waals surface area contributed by atoms with Crippen LogP contribution in [0.15, 0.2) is 78.9 Å². The van der Waals surface area contributed by atoms with E-state index in [-0.39, 0.29) is 23.6 Å². The van der Waals surface area contributed by atoms with Gasteiger partial charge in [-0.1, -0.05) is 50.2 Å². The number of para-hydroxylation sites is 1. The van der Waals surface area contributed by atoms with Crippen molar-refractivity contribution in [2.45, 2.75) is 44.1 Å². The van der Waals surface area contributed by atoms with E-state index in [0.717, 1.165) is 12.1 Å². The summed E-state index contributed by atoms with van der Waals surface area (Å²) in [7, 11) is 0. The SMILES string of the molecule is CC.OC(CN(Oc1cccc(C(F)(F)C(F)(F)C(F)(F)F)c1)c1cccc(Oc2ccccc2)c1)C(F)(F)F. The summed E-state index contributed by atoms with van der Waals surface area (Å²) < 4.78 is 138. The maximum absolute atomic E-state index is 14.2. The molecule has 0 aliphatic rings. The van der Waals surface area contributed by atoms with Crippen LogP contribution in [0.2, 0.25) is 0 Å². The quantitative estimate of drug-likeness (QED) is 0.201. The number of hydrogen-bond donors (Lipinski definition) is 1. The lowest BCUT2D eigenvalue weighted by molar-refractivity contribution is -0.359. The van der Waals surface area contributed by atoms with Gasteiger partial charge in [-0.15, -0.1) is 0 Å². The zero-order valence-corrected chi connectivity index (χ0v) is 20.8. The van der Waals surface area contributed by atoms with Gasteiger partial charge in [0.1, 0.15) is 11.5 Å². The number of ether oxygens (including phenoxy) is 1. The number of aliphatic hydroxyl groups is 1. The van der Waals surface area contributed by atoms with E-state index in [0.29, 0.717) is 16.9 Å². The summed E-state index contributed by atoms with van der Waals surface area (Å²) in [6, 6.07) is 15.1. The standard InChI is InChI=1S/C24H17F10NO3.C2H6/c25-21(26,23(30,31)24(32,33)34)15-6-4-11-19(12-15)38-35(14-20(36)22(27,28)29)16-7-5-10-18(13-16)37-17-8-2-1-3-9-17;1-2/h1-13,20,36H,14H2;1-2H3. The summed E-state index contributed by atoms with van der Waals surface area (Å²) in [5, 5.41) is 9.96. The van der Waals surface area contributed by atoms with Gasteiger partial charge >= 0.3 is 24.2 Å². The molecule has 0 saturated heterocycles. The van der Waals surface area contributed by atoms with Gasteiger partial charge in [-0.3, -0.25) is 0 Å². The van der Waals surface area contributed by atoms with Gasteiger partial charge in [-0.2, -0.15) is 43.9 Å². The van der Waals surface area contributed by atoms with Gasteiger partial charge in [0.05, 0.1) is 12.2 Å². The van der Waals surface area contributed by atoms with Crippen molar-refractivity contribution >= 4 is 5.69 Å². The number of anilines is 1. The summed E-state index contributed by atoms with van der Waals surface area (Å²) in [5.74, 6) is -12.6. The lowest BCUT2D eigenvalue weighted by Gasteiger charge is -2.30. The van der Waals surface area contributed by atoms with Gasteiger partial charge in [0.2, 0.25) is 0 Å². The molecular formula is C26H23F10NO3. The molecule has 220 valence electrons. The van der Waals surface area contributed by atoms with Crippen LogP contribution in [-0.2, 0) is 5.92 Å². The number of nitrogens with zero attached hydrogens (tertiary/aromatic N) is 1. The highest BCUT2D eigenvalue weighted by molar-refractivity contribution is 5.51. The minimum Gasteiger partial charge on any atom is -0.457 e. The highest BCUT2D eigenvalue weighted by Crippen LogP contribution is 2.52. The molecule has 0 bridgehead atoms. The van der Waals surface area contributed by atoms with Crippen molar-refractivity contribution in [3.8, 4) is 17.2 Å². The Labute approximate surface area is 222 Å². The molecule has 3 aromatic carbocycles. The van der Waals surface area contributed by atoms with Gasteiger partial charge < -0.3 is 14.7 Å². The molecule has 4 nitrogen and oxygen atoms in total. The molecule has 0 heterocycles. The van der Waals surface area contributed by atoms with E-state index < -0.39 is 48.2 Å². The van der Waals surface area contributed by atoms with Crippen molar-refractivity contribution in [1.29, 1.82) is 0 Å². The molecule has 14 heteroatoms. The first kappa shape index (κ1) is 32.5. The minimum absolute atomic E-state index is 0.0777. The van der Waals surface area contributed by atoms with Crippen molar-refractivity contribution in [2.24, 2.45) is 0 Å². The molecule has 0 aromatic heterocycles. The number of alkyl halides is 10. The number of rotatable bonds is 9. The number of hydroxylamine groups is 1. The molecule has 0 spiro atoms. The maximum Gasteiger partial charge on any atom is 0.460 e. The third-order valence-electron chi connectivity index (χ3n) is 4.96. The predicted molar refractivity (Wildman–Crippen MR) is 126 cm³/mol. The van der Waals surface area contributed by atoms with Crippen LogP contribution in [0.1, 0.15) is 19.4 Å². The molecular weight excluding hydrogens is 564 g/mol. The molecule has 0 fully saturated rings. The Kier molecular flexibility index (Phi) is 10.3. The second-order valence-electron chi connectivity index (χ2n) is 7.80. The van der Waals surface area contributed by atoms with Gasteiger partial charge in [0, 0.05) is 11.6 Å². The zero-order chi connectivity index (χ0) is 30.4. The van der Waals surface area contributed by atoms with Gasteiger partial charge in [-0.25, -0.2) is 5.06 Å². The van der Waals surface area contributed by atoms with E-state index in [1.165, 1.54) is 18.2 Å². The number of aliphatic hydroxyl groups excluding tert-OH is 1. The third kappa shape index (κ3) is 7.71. The van der Waals surface area contributed by atoms with Crippen LogP contribution in [0, 0.1) is 0 Å². The average molecular weight is 587 g/mol. The van der Waals surface area contributed by atoms with Crippen LogP contribution in [0.4, 0.5) is 49.6 Å². The van der Waals surface area contributed by atoms with Gasteiger partial charge in [0.15, 0.2) is 11.9 Å². The molecule has 0 aliphatic carbocycles. The maximum atomic E-state index is 14.2. The first-order chi connectivity index (χ1) is 18.5. The Morgan fingerprint density at radius 1 is 0.700 bits per heavy atom. The van der Waals surface area contributed by atoms with Crippen molar-refractivity contribution in [3.05, 3.63) is 84.4 Å². The van der Waals surface area contributed by atoms with Crippen LogP contribution >= 0.6 is 0 Å². The summed E-state index contributed by atoms with van der Waals surface area (Å²) in [5.41, 5.74) is -2.02. The van der Waals surface area contributed by atoms with E-state index in [1.54, 1.807) is 30.3 Å². The summed E-state index contributed by atoms with van der Waals surface area (Å²) in [6.45, 7) is 2.66. The van der Waals surface area contributed by atoms with E-state index >= 15 is 0 Å². The fourth-order valence-corrected chi connectivity index (χ4v) is 3.02. The van der Waals surface area contributed by atoms with E-state index in [1.807, 2.05) is 13.8 Å². The molecule has 3 rings (SSSR count). The molecule has 1 N–H and O–H groups in total. The third-order valence-corrected chi connectivity index (χ3v) is 4.96. The Balaban J connectivity index is 0.00000274. The molecule has 1 atom stereocenters. The molecule has 0 radical (unpaired) electrons. The Bertz CT molecular complexity index is 1220. The second kappa shape index (κ2) is 12.7. The number of hydrogen-bond acceptors (Lipinski definition) is 4.